The quantitative estimate of drug-likeness (QED) is 0.533. The molecule has 0 spiro atoms. The predicted octanol–water partition coefficient (Wildman–Crippen LogP) is 5.57. The number of carbonyl (C=O) groups excluding carboxylic acids is 1. The fraction of sp³-hybridized carbons (Fsp3) is 0.300. The summed E-state index contributed by atoms with van der Waals surface area (Å²) in [6, 6.07) is 10.3. The minimum Gasteiger partial charge on any atom is -0.482 e. The molecule has 0 bridgehead atoms. The topological polar surface area (TPSA) is 55.6 Å². The van der Waals surface area contributed by atoms with Gasteiger partial charge >= 0.3 is 0 Å². The first-order valence-electron chi connectivity index (χ1n) is 8.91. The summed E-state index contributed by atoms with van der Waals surface area (Å²) in [6.45, 7) is 1.16. The molecule has 3 aromatic rings. The summed E-state index contributed by atoms with van der Waals surface area (Å²) in [5.74, 6) is 1.20. The first-order valence-corrected chi connectivity index (χ1v) is 10.0. The van der Waals surface area contributed by atoms with Crippen molar-refractivity contribution in [3.05, 3.63) is 57.4 Å². The molecule has 8 heteroatoms. The summed E-state index contributed by atoms with van der Waals surface area (Å²) in [7, 11) is 0. The van der Waals surface area contributed by atoms with Gasteiger partial charge in [0.1, 0.15) is 11.3 Å². The summed E-state index contributed by atoms with van der Waals surface area (Å²) in [6.07, 6.45) is 1.56. The van der Waals surface area contributed by atoms with Crippen molar-refractivity contribution in [2.45, 2.75) is 18.8 Å². The number of hydrogen-bond acceptors (Lipinski definition) is 4. The van der Waals surface area contributed by atoms with Crippen LogP contribution in [-0.4, -0.2) is 35.5 Å². The smallest absolute Gasteiger partial charge is 0.260 e. The molecule has 2 aromatic carbocycles. The zero-order chi connectivity index (χ0) is 19.7. The molecule has 1 fully saturated rings. The largest absolute Gasteiger partial charge is 0.482 e. The zero-order valence-electron chi connectivity index (χ0n) is 14.8. The number of ether oxygens (including phenoxy) is 1. The molecule has 28 heavy (non-hydrogen) atoms. The number of halogens is 3. The number of nitrogens with zero attached hydrogens (tertiary/aromatic N) is 2. The van der Waals surface area contributed by atoms with Crippen LogP contribution in [-0.2, 0) is 4.79 Å². The highest BCUT2D eigenvalue weighted by molar-refractivity contribution is 6.34. The SMILES string of the molecule is O=C(COc1cc(Cl)ccc1Cl)N1CCC(c2nc3cc(Cl)ccc3o2)CC1. The maximum Gasteiger partial charge on any atom is 0.260 e. The van der Waals surface area contributed by atoms with Gasteiger partial charge in [0, 0.05) is 35.1 Å². The van der Waals surface area contributed by atoms with E-state index in [1.54, 1.807) is 35.2 Å². The Bertz CT molecular complexity index is 1010. The second kappa shape index (κ2) is 8.19. The van der Waals surface area contributed by atoms with Crippen LogP contribution in [0.15, 0.2) is 40.8 Å². The number of amides is 1. The van der Waals surface area contributed by atoms with Gasteiger partial charge in [-0.3, -0.25) is 4.79 Å². The molecule has 2 heterocycles. The summed E-state index contributed by atoms with van der Waals surface area (Å²) >= 11 is 18.0. The first kappa shape index (κ1) is 19.4. The molecule has 0 N–H and O–H groups in total. The molecule has 5 nitrogen and oxygen atoms in total. The number of fused-ring (bicyclic) bond motifs is 1. The molecule has 1 aliphatic rings. The van der Waals surface area contributed by atoms with E-state index in [0.29, 0.717) is 39.8 Å². The highest BCUT2D eigenvalue weighted by Gasteiger charge is 2.27. The highest BCUT2D eigenvalue weighted by atomic mass is 35.5. The number of piperidine rings is 1. The number of likely N-dealkylation sites (tertiary alicyclic amines) is 1. The molecule has 0 unspecified atom stereocenters. The normalized spacial score (nSPS) is 15.2. The van der Waals surface area contributed by atoms with E-state index in [1.807, 2.05) is 6.07 Å². The van der Waals surface area contributed by atoms with Crippen LogP contribution in [0.2, 0.25) is 15.1 Å². The number of hydrogen-bond donors (Lipinski definition) is 0. The van der Waals surface area contributed by atoms with Gasteiger partial charge in [0.2, 0.25) is 0 Å². The van der Waals surface area contributed by atoms with Crippen LogP contribution >= 0.6 is 34.8 Å². The van der Waals surface area contributed by atoms with Gasteiger partial charge in [-0.25, -0.2) is 4.98 Å². The van der Waals surface area contributed by atoms with Crippen molar-refractivity contribution in [3.8, 4) is 5.75 Å². The molecular weight excluding hydrogens is 423 g/mol. The van der Waals surface area contributed by atoms with Crippen LogP contribution in [0, 0.1) is 0 Å². The van der Waals surface area contributed by atoms with Crippen molar-refractivity contribution >= 4 is 51.8 Å². The molecule has 0 radical (unpaired) electrons. The maximum atomic E-state index is 12.5. The Morgan fingerprint density at radius 2 is 1.82 bits per heavy atom. The lowest BCUT2D eigenvalue weighted by atomic mass is 9.97. The Morgan fingerprint density at radius 1 is 1.11 bits per heavy atom. The lowest BCUT2D eigenvalue weighted by Gasteiger charge is -2.30. The molecule has 0 saturated carbocycles. The van der Waals surface area contributed by atoms with E-state index in [2.05, 4.69) is 4.98 Å². The van der Waals surface area contributed by atoms with Crippen molar-refractivity contribution in [1.29, 1.82) is 0 Å². The van der Waals surface area contributed by atoms with E-state index in [0.717, 1.165) is 23.9 Å². The van der Waals surface area contributed by atoms with Crippen molar-refractivity contribution < 1.29 is 13.9 Å². The minimum atomic E-state index is -0.0844. The molecular formula is C20H17Cl3N2O3. The van der Waals surface area contributed by atoms with Crippen LogP contribution in [0.3, 0.4) is 0 Å². The fourth-order valence-corrected chi connectivity index (χ4v) is 3.79. The molecule has 146 valence electrons. The van der Waals surface area contributed by atoms with E-state index in [9.17, 15) is 4.79 Å². The second-order valence-corrected chi connectivity index (χ2v) is 7.96. The molecule has 1 aromatic heterocycles. The standard InChI is InChI=1S/C20H17Cl3N2O3/c21-13-2-4-17-16(9-13)24-20(28-17)12-5-7-25(8-6-12)19(26)11-27-18-10-14(22)1-3-15(18)23/h1-4,9-10,12H,5-8,11H2. The number of benzene rings is 2. The van der Waals surface area contributed by atoms with Crippen LogP contribution in [0.4, 0.5) is 0 Å². The van der Waals surface area contributed by atoms with Crippen LogP contribution < -0.4 is 4.74 Å². The van der Waals surface area contributed by atoms with Gasteiger partial charge in [-0.1, -0.05) is 34.8 Å². The maximum absolute atomic E-state index is 12.5. The average Bonchev–Trinajstić information content (AvgIpc) is 3.11. The summed E-state index contributed by atoms with van der Waals surface area (Å²) < 4.78 is 11.4. The second-order valence-electron chi connectivity index (χ2n) is 6.68. The molecule has 0 atom stereocenters. The number of carbonyl (C=O) groups is 1. The van der Waals surface area contributed by atoms with Crippen molar-refractivity contribution in [3.63, 3.8) is 0 Å². The monoisotopic (exact) mass is 438 g/mol. The summed E-state index contributed by atoms with van der Waals surface area (Å²) in [5.41, 5.74) is 1.48. The van der Waals surface area contributed by atoms with Gasteiger partial charge in [0.05, 0.1) is 5.02 Å². The third kappa shape index (κ3) is 4.22. The van der Waals surface area contributed by atoms with E-state index < -0.39 is 0 Å². The molecule has 4 rings (SSSR count). The van der Waals surface area contributed by atoms with Gasteiger partial charge in [-0.2, -0.15) is 0 Å². The highest BCUT2D eigenvalue weighted by Crippen LogP contribution is 2.31. The van der Waals surface area contributed by atoms with Crippen molar-refractivity contribution in [2.75, 3.05) is 19.7 Å². The van der Waals surface area contributed by atoms with E-state index in [4.69, 9.17) is 44.0 Å². The summed E-state index contributed by atoms with van der Waals surface area (Å²) in [5, 5.41) is 1.56. The fourth-order valence-electron chi connectivity index (χ4n) is 3.29. The Kier molecular flexibility index (Phi) is 5.67. The molecule has 1 aliphatic heterocycles. The molecule has 1 saturated heterocycles. The van der Waals surface area contributed by atoms with Crippen molar-refractivity contribution in [1.82, 2.24) is 9.88 Å². The third-order valence-corrected chi connectivity index (χ3v) is 5.59. The Morgan fingerprint density at radius 3 is 2.61 bits per heavy atom. The van der Waals surface area contributed by atoms with Crippen molar-refractivity contribution in [2.24, 2.45) is 0 Å². The van der Waals surface area contributed by atoms with Gasteiger partial charge in [0.15, 0.2) is 18.1 Å². The number of rotatable bonds is 4. The third-order valence-electron chi connectivity index (χ3n) is 4.81. The predicted molar refractivity (Wildman–Crippen MR) is 110 cm³/mol. The van der Waals surface area contributed by atoms with E-state index >= 15 is 0 Å². The summed E-state index contributed by atoms with van der Waals surface area (Å²) in [4.78, 5) is 18.8. The zero-order valence-corrected chi connectivity index (χ0v) is 17.1. The number of aromatic nitrogens is 1. The number of oxazole rings is 1. The van der Waals surface area contributed by atoms with Crippen LogP contribution in [0.5, 0.6) is 5.75 Å². The lowest BCUT2D eigenvalue weighted by Crippen LogP contribution is -2.40. The molecule has 0 aliphatic carbocycles. The molecule has 1 amide bonds. The Balaban J connectivity index is 1.34. The minimum absolute atomic E-state index is 0.0773. The van der Waals surface area contributed by atoms with E-state index in [-0.39, 0.29) is 18.4 Å². The van der Waals surface area contributed by atoms with Gasteiger partial charge in [-0.05, 0) is 43.2 Å². The Labute approximate surface area is 177 Å². The van der Waals surface area contributed by atoms with Gasteiger partial charge in [-0.15, -0.1) is 0 Å². The van der Waals surface area contributed by atoms with Crippen LogP contribution in [0.25, 0.3) is 11.1 Å². The average molecular weight is 440 g/mol. The first-order chi connectivity index (χ1) is 13.5. The van der Waals surface area contributed by atoms with E-state index in [1.165, 1.54) is 0 Å². The lowest BCUT2D eigenvalue weighted by molar-refractivity contribution is -0.134. The van der Waals surface area contributed by atoms with Crippen LogP contribution in [0.1, 0.15) is 24.7 Å². The van der Waals surface area contributed by atoms with Gasteiger partial charge in [0.25, 0.3) is 5.91 Å². The Hall–Kier alpha value is -1.95. The van der Waals surface area contributed by atoms with Gasteiger partial charge < -0.3 is 14.1 Å².